The van der Waals surface area contributed by atoms with Crippen molar-refractivity contribution in [2.75, 3.05) is 32.8 Å². The molecule has 1 rings (SSSR count). The van der Waals surface area contributed by atoms with Crippen LogP contribution in [0.15, 0.2) is 0 Å². The standard InChI is InChI=1S/C14H30N2O/c1-4-6-7-14(5-2)15-13(3)12-16-8-10-17-11-9-16/h13-15H,4-12H2,1-3H3. The second-order valence-corrected chi connectivity index (χ2v) is 5.23. The first-order valence-corrected chi connectivity index (χ1v) is 7.32. The lowest BCUT2D eigenvalue weighted by Gasteiger charge is -2.31. The zero-order valence-electron chi connectivity index (χ0n) is 11.9. The Labute approximate surface area is 107 Å². The van der Waals surface area contributed by atoms with Crippen LogP contribution in [-0.4, -0.2) is 49.8 Å². The fraction of sp³-hybridized carbons (Fsp3) is 1.00. The Morgan fingerprint density at radius 3 is 2.53 bits per heavy atom. The van der Waals surface area contributed by atoms with E-state index in [1.807, 2.05) is 0 Å². The van der Waals surface area contributed by atoms with Gasteiger partial charge in [-0.2, -0.15) is 0 Å². The van der Waals surface area contributed by atoms with Gasteiger partial charge in [0.05, 0.1) is 13.2 Å². The Morgan fingerprint density at radius 1 is 1.24 bits per heavy atom. The highest BCUT2D eigenvalue weighted by atomic mass is 16.5. The van der Waals surface area contributed by atoms with Crippen molar-refractivity contribution in [3.8, 4) is 0 Å². The third-order valence-electron chi connectivity index (χ3n) is 3.55. The van der Waals surface area contributed by atoms with Crippen LogP contribution >= 0.6 is 0 Å². The number of ether oxygens (including phenoxy) is 1. The van der Waals surface area contributed by atoms with E-state index in [2.05, 4.69) is 31.0 Å². The average molecular weight is 242 g/mol. The summed E-state index contributed by atoms with van der Waals surface area (Å²) >= 11 is 0. The smallest absolute Gasteiger partial charge is 0.0594 e. The molecule has 0 amide bonds. The fourth-order valence-electron chi connectivity index (χ4n) is 2.48. The van der Waals surface area contributed by atoms with Crippen molar-refractivity contribution in [3.05, 3.63) is 0 Å². The third kappa shape index (κ3) is 6.39. The van der Waals surface area contributed by atoms with Crippen LogP contribution in [0.5, 0.6) is 0 Å². The van der Waals surface area contributed by atoms with Crippen molar-refractivity contribution in [1.82, 2.24) is 10.2 Å². The molecular formula is C14H30N2O. The highest BCUT2D eigenvalue weighted by Crippen LogP contribution is 2.06. The normalized spacial score (nSPS) is 21.4. The van der Waals surface area contributed by atoms with E-state index in [4.69, 9.17) is 4.74 Å². The van der Waals surface area contributed by atoms with Crippen molar-refractivity contribution >= 4 is 0 Å². The van der Waals surface area contributed by atoms with E-state index in [0.717, 1.165) is 32.8 Å². The van der Waals surface area contributed by atoms with Crippen LogP contribution in [0.1, 0.15) is 46.5 Å². The molecule has 1 aliphatic heterocycles. The minimum Gasteiger partial charge on any atom is -0.379 e. The van der Waals surface area contributed by atoms with Crippen molar-refractivity contribution in [2.24, 2.45) is 0 Å². The van der Waals surface area contributed by atoms with E-state index in [-0.39, 0.29) is 0 Å². The summed E-state index contributed by atoms with van der Waals surface area (Å²) in [6.45, 7) is 12.0. The van der Waals surface area contributed by atoms with Gasteiger partial charge in [-0.15, -0.1) is 0 Å². The summed E-state index contributed by atoms with van der Waals surface area (Å²) in [6.07, 6.45) is 5.21. The highest BCUT2D eigenvalue weighted by molar-refractivity contribution is 4.74. The Hall–Kier alpha value is -0.120. The lowest BCUT2D eigenvalue weighted by Crippen LogP contribution is -2.47. The molecule has 0 aliphatic carbocycles. The molecule has 102 valence electrons. The van der Waals surface area contributed by atoms with Crippen molar-refractivity contribution < 1.29 is 4.74 Å². The van der Waals surface area contributed by atoms with E-state index < -0.39 is 0 Å². The van der Waals surface area contributed by atoms with Gasteiger partial charge in [0.1, 0.15) is 0 Å². The molecule has 2 unspecified atom stereocenters. The molecule has 1 heterocycles. The molecule has 1 N–H and O–H groups in total. The number of morpholine rings is 1. The van der Waals surface area contributed by atoms with Crippen LogP contribution in [0.4, 0.5) is 0 Å². The van der Waals surface area contributed by atoms with E-state index in [1.54, 1.807) is 0 Å². The molecule has 0 saturated carbocycles. The Bertz CT molecular complexity index is 181. The van der Waals surface area contributed by atoms with Gasteiger partial charge >= 0.3 is 0 Å². The van der Waals surface area contributed by atoms with Crippen molar-refractivity contribution in [1.29, 1.82) is 0 Å². The molecule has 0 bridgehead atoms. The van der Waals surface area contributed by atoms with E-state index in [1.165, 1.54) is 25.7 Å². The molecule has 3 heteroatoms. The second kappa shape index (κ2) is 8.90. The number of hydrogen-bond donors (Lipinski definition) is 1. The summed E-state index contributed by atoms with van der Waals surface area (Å²) in [5.41, 5.74) is 0. The minimum absolute atomic E-state index is 0.593. The van der Waals surface area contributed by atoms with E-state index in [9.17, 15) is 0 Å². The van der Waals surface area contributed by atoms with Gasteiger partial charge in [-0.3, -0.25) is 4.90 Å². The first kappa shape index (κ1) is 14.9. The Morgan fingerprint density at radius 2 is 1.94 bits per heavy atom. The average Bonchev–Trinajstić information content (AvgIpc) is 2.35. The van der Waals surface area contributed by atoms with Crippen molar-refractivity contribution in [3.63, 3.8) is 0 Å². The minimum atomic E-state index is 0.593. The van der Waals surface area contributed by atoms with Gasteiger partial charge in [0.15, 0.2) is 0 Å². The lowest BCUT2D eigenvalue weighted by molar-refractivity contribution is 0.0337. The largest absolute Gasteiger partial charge is 0.379 e. The summed E-state index contributed by atoms with van der Waals surface area (Å²) < 4.78 is 5.37. The quantitative estimate of drug-likeness (QED) is 0.706. The summed E-state index contributed by atoms with van der Waals surface area (Å²) in [5.74, 6) is 0. The predicted molar refractivity (Wildman–Crippen MR) is 73.5 cm³/mol. The maximum atomic E-state index is 5.37. The van der Waals surface area contributed by atoms with Crippen molar-refractivity contribution in [2.45, 2.75) is 58.5 Å². The molecule has 0 aromatic carbocycles. The molecular weight excluding hydrogens is 212 g/mol. The number of hydrogen-bond acceptors (Lipinski definition) is 3. The van der Waals surface area contributed by atoms with Crippen LogP contribution in [0.3, 0.4) is 0 Å². The lowest BCUT2D eigenvalue weighted by atomic mass is 10.1. The summed E-state index contributed by atoms with van der Waals surface area (Å²) in [4.78, 5) is 2.51. The topological polar surface area (TPSA) is 24.5 Å². The number of rotatable bonds is 8. The molecule has 17 heavy (non-hydrogen) atoms. The molecule has 1 aliphatic rings. The van der Waals surface area contributed by atoms with Crippen LogP contribution in [-0.2, 0) is 4.74 Å². The number of nitrogens with one attached hydrogen (secondary N) is 1. The molecule has 2 atom stereocenters. The van der Waals surface area contributed by atoms with Gasteiger partial charge in [0, 0.05) is 31.7 Å². The zero-order valence-corrected chi connectivity index (χ0v) is 11.9. The van der Waals surface area contributed by atoms with Gasteiger partial charge in [-0.05, 0) is 19.8 Å². The molecule has 0 spiro atoms. The van der Waals surface area contributed by atoms with Crippen LogP contribution in [0.2, 0.25) is 0 Å². The van der Waals surface area contributed by atoms with E-state index in [0.29, 0.717) is 12.1 Å². The maximum absolute atomic E-state index is 5.37. The first-order valence-electron chi connectivity index (χ1n) is 7.32. The second-order valence-electron chi connectivity index (χ2n) is 5.23. The van der Waals surface area contributed by atoms with Gasteiger partial charge in [0.25, 0.3) is 0 Å². The molecule has 0 aromatic heterocycles. The monoisotopic (exact) mass is 242 g/mol. The van der Waals surface area contributed by atoms with Gasteiger partial charge in [-0.25, -0.2) is 0 Å². The molecule has 1 fully saturated rings. The van der Waals surface area contributed by atoms with Gasteiger partial charge in [0.2, 0.25) is 0 Å². The molecule has 0 aromatic rings. The summed E-state index contributed by atoms with van der Waals surface area (Å²) in [6, 6.07) is 1.29. The van der Waals surface area contributed by atoms with Crippen LogP contribution < -0.4 is 5.32 Å². The molecule has 3 nitrogen and oxygen atoms in total. The zero-order chi connectivity index (χ0) is 12.5. The van der Waals surface area contributed by atoms with Gasteiger partial charge in [-0.1, -0.05) is 26.7 Å². The molecule has 0 radical (unpaired) electrons. The molecule has 1 saturated heterocycles. The van der Waals surface area contributed by atoms with Gasteiger partial charge < -0.3 is 10.1 Å². The fourth-order valence-corrected chi connectivity index (χ4v) is 2.48. The Balaban J connectivity index is 2.18. The summed E-state index contributed by atoms with van der Waals surface area (Å²) in [7, 11) is 0. The predicted octanol–water partition coefficient (Wildman–Crippen LogP) is 2.27. The number of unbranched alkanes of at least 4 members (excludes halogenated alkanes) is 1. The maximum Gasteiger partial charge on any atom is 0.0594 e. The first-order chi connectivity index (χ1) is 8.26. The highest BCUT2D eigenvalue weighted by Gasteiger charge is 2.15. The van der Waals surface area contributed by atoms with E-state index >= 15 is 0 Å². The Kier molecular flexibility index (Phi) is 7.82. The third-order valence-corrected chi connectivity index (χ3v) is 3.55. The summed E-state index contributed by atoms with van der Waals surface area (Å²) in [5, 5.41) is 3.77. The number of nitrogens with zero attached hydrogens (tertiary/aromatic N) is 1. The van der Waals surface area contributed by atoms with Crippen LogP contribution in [0.25, 0.3) is 0 Å². The van der Waals surface area contributed by atoms with Crippen LogP contribution in [0, 0.1) is 0 Å². The SMILES string of the molecule is CCCCC(CC)NC(C)CN1CCOCC1.